The second-order valence-corrected chi connectivity index (χ2v) is 7.38. The van der Waals surface area contributed by atoms with Crippen LogP contribution in [-0.2, 0) is 10.0 Å². The molecular weight excluding hydrogens is 264 g/mol. The molecule has 0 atom stereocenters. The van der Waals surface area contributed by atoms with E-state index in [1.165, 1.54) is 10.5 Å². The highest BCUT2D eigenvalue weighted by molar-refractivity contribution is 7.89. The number of sulfonamides is 1. The number of nitrogens with one attached hydrogen (secondary N) is 1. The second-order valence-electron chi connectivity index (χ2n) is 5.37. The van der Waals surface area contributed by atoms with Gasteiger partial charge in [-0.25, -0.2) is 13.4 Å². The maximum atomic E-state index is 12.3. The average molecular weight is 286 g/mol. The summed E-state index contributed by atoms with van der Waals surface area (Å²) in [7, 11) is 0.315. The molecular formula is C12H22N4O2S. The maximum Gasteiger partial charge on any atom is 0.259 e. The molecule has 0 radical (unpaired) electrons. The van der Waals surface area contributed by atoms with Crippen LogP contribution < -0.4 is 0 Å². The van der Waals surface area contributed by atoms with Gasteiger partial charge in [-0.05, 0) is 45.8 Å². The number of aromatic nitrogens is 2. The van der Waals surface area contributed by atoms with Gasteiger partial charge in [0.15, 0.2) is 5.03 Å². The Morgan fingerprint density at radius 1 is 1.47 bits per heavy atom. The Bertz CT molecular complexity index is 518. The van der Waals surface area contributed by atoms with E-state index in [0.717, 1.165) is 25.9 Å². The van der Waals surface area contributed by atoms with Crippen molar-refractivity contribution < 1.29 is 8.42 Å². The molecule has 0 saturated carbocycles. The molecule has 1 aromatic rings. The fourth-order valence-corrected chi connectivity index (χ4v) is 3.61. The highest BCUT2D eigenvalue weighted by atomic mass is 32.2. The molecule has 0 bridgehead atoms. The number of imidazole rings is 1. The van der Waals surface area contributed by atoms with Crippen LogP contribution in [0.2, 0.25) is 0 Å². The van der Waals surface area contributed by atoms with Gasteiger partial charge in [-0.15, -0.1) is 0 Å². The zero-order valence-electron chi connectivity index (χ0n) is 11.8. The number of likely N-dealkylation sites (tertiary alicyclic amines) is 1. The first-order chi connectivity index (χ1) is 8.89. The quantitative estimate of drug-likeness (QED) is 0.884. The van der Waals surface area contributed by atoms with Gasteiger partial charge < -0.3 is 9.88 Å². The lowest BCUT2D eigenvalue weighted by molar-refractivity contribution is 0.202. The molecule has 0 aliphatic carbocycles. The molecule has 19 heavy (non-hydrogen) atoms. The van der Waals surface area contributed by atoms with E-state index in [9.17, 15) is 8.42 Å². The van der Waals surface area contributed by atoms with Gasteiger partial charge in [-0.3, -0.25) is 0 Å². The number of nitrogens with zero attached hydrogens (tertiary/aromatic N) is 3. The minimum absolute atomic E-state index is 0.181. The topological polar surface area (TPSA) is 69.3 Å². The van der Waals surface area contributed by atoms with Crippen molar-refractivity contribution in [3.63, 3.8) is 0 Å². The van der Waals surface area contributed by atoms with Gasteiger partial charge in [0.2, 0.25) is 0 Å². The SMILES string of the molecule is Cc1ncc(S(=O)(=O)N(C)CC2CCN(C)CC2)[nH]1. The van der Waals surface area contributed by atoms with Crippen LogP contribution >= 0.6 is 0 Å². The van der Waals surface area contributed by atoms with Crippen LogP contribution in [0.25, 0.3) is 0 Å². The third-order valence-electron chi connectivity index (χ3n) is 3.72. The molecule has 0 spiro atoms. The van der Waals surface area contributed by atoms with Crippen LogP contribution in [0.15, 0.2) is 11.2 Å². The summed E-state index contributed by atoms with van der Waals surface area (Å²) in [6, 6.07) is 0. The Hall–Kier alpha value is -0.920. The molecule has 6 nitrogen and oxygen atoms in total. The van der Waals surface area contributed by atoms with Crippen LogP contribution in [0.1, 0.15) is 18.7 Å². The van der Waals surface area contributed by atoms with Gasteiger partial charge in [-0.2, -0.15) is 4.31 Å². The van der Waals surface area contributed by atoms with Gasteiger partial charge in [0.05, 0.1) is 6.20 Å². The van der Waals surface area contributed by atoms with Gasteiger partial charge >= 0.3 is 0 Å². The number of hydrogen-bond acceptors (Lipinski definition) is 4. The first kappa shape index (κ1) is 14.5. The van der Waals surface area contributed by atoms with E-state index in [0.29, 0.717) is 18.3 Å². The Balaban J connectivity index is 2.01. The number of rotatable bonds is 4. The molecule has 1 fully saturated rings. The third kappa shape index (κ3) is 3.34. The number of H-pyrrole nitrogens is 1. The number of hydrogen-bond donors (Lipinski definition) is 1. The molecule has 0 amide bonds. The van der Waals surface area contributed by atoms with Crippen LogP contribution in [0.5, 0.6) is 0 Å². The van der Waals surface area contributed by atoms with E-state index in [2.05, 4.69) is 21.9 Å². The van der Waals surface area contributed by atoms with E-state index in [1.54, 1.807) is 14.0 Å². The van der Waals surface area contributed by atoms with E-state index >= 15 is 0 Å². The lowest BCUT2D eigenvalue weighted by Crippen LogP contribution is -2.38. The number of aryl methyl sites for hydroxylation is 1. The molecule has 108 valence electrons. The Morgan fingerprint density at radius 2 is 2.11 bits per heavy atom. The molecule has 1 saturated heterocycles. The van der Waals surface area contributed by atoms with Crippen molar-refractivity contribution in [1.29, 1.82) is 0 Å². The predicted molar refractivity (Wildman–Crippen MR) is 73.4 cm³/mol. The van der Waals surface area contributed by atoms with E-state index in [4.69, 9.17) is 0 Å². The van der Waals surface area contributed by atoms with Crippen molar-refractivity contribution in [2.45, 2.75) is 24.8 Å². The fraction of sp³-hybridized carbons (Fsp3) is 0.750. The predicted octanol–water partition coefficient (Wildman–Crippen LogP) is 0.680. The third-order valence-corrected chi connectivity index (χ3v) is 5.45. The molecule has 1 aromatic heterocycles. The summed E-state index contributed by atoms with van der Waals surface area (Å²) in [5, 5.41) is 0.181. The van der Waals surface area contributed by atoms with Gasteiger partial charge in [0.25, 0.3) is 10.0 Å². The van der Waals surface area contributed by atoms with E-state index in [-0.39, 0.29) is 5.03 Å². The number of aromatic amines is 1. The molecule has 7 heteroatoms. The lowest BCUT2D eigenvalue weighted by Gasteiger charge is -2.31. The van der Waals surface area contributed by atoms with Gasteiger partial charge in [-0.1, -0.05) is 0 Å². The Kier molecular flexibility index (Phi) is 4.27. The zero-order chi connectivity index (χ0) is 14.0. The van der Waals surface area contributed by atoms with E-state index in [1.807, 2.05) is 0 Å². The van der Waals surface area contributed by atoms with Crippen molar-refractivity contribution in [3.05, 3.63) is 12.0 Å². The monoisotopic (exact) mass is 286 g/mol. The minimum atomic E-state index is -3.43. The van der Waals surface area contributed by atoms with Gasteiger partial charge in [0.1, 0.15) is 5.82 Å². The summed E-state index contributed by atoms with van der Waals surface area (Å²) < 4.78 is 26.1. The molecule has 0 unspecified atom stereocenters. The molecule has 2 heterocycles. The van der Waals surface area contributed by atoms with Crippen molar-refractivity contribution in [1.82, 2.24) is 19.2 Å². The van der Waals surface area contributed by atoms with E-state index < -0.39 is 10.0 Å². The summed E-state index contributed by atoms with van der Waals surface area (Å²) in [4.78, 5) is 9.03. The molecule has 2 rings (SSSR count). The van der Waals surface area contributed by atoms with Crippen LogP contribution in [-0.4, -0.2) is 61.3 Å². The maximum absolute atomic E-state index is 12.3. The highest BCUT2D eigenvalue weighted by Gasteiger charge is 2.26. The fourth-order valence-electron chi connectivity index (χ4n) is 2.40. The first-order valence-corrected chi connectivity index (χ1v) is 8.00. The first-order valence-electron chi connectivity index (χ1n) is 6.56. The van der Waals surface area contributed by atoms with Crippen molar-refractivity contribution in [2.24, 2.45) is 5.92 Å². The molecule has 0 aromatic carbocycles. The smallest absolute Gasteiger partial charge is 0.259 e. The largest absolute Gasteiger partial charge is 0.332 e. The van der Waals surface area contributed by atoms with Crippen LogP contribution in [0.3, 0.4) is 0 Å². The Labute approximate surface area is 114 Å². The lowest BCUT2D eigenvalue weighted by atomic mass is 9.97. The Morgan fingerprint density at radius 3 is 2.63 bits per heavy atom. The minimum Gasteiger partial charge on any atom is -0.332 e. The van der Waals surface area contributed by atoms with Crippen molar-refractivity contribution >= 4 is 10.0 Å². The average Bonchev–Trinajstić information content (AvgIpc) is 2.79. The van der Waals surface area contributed by atoms with Gasteiger partial charge in [0, 0.05) is 13.6 Å². The zero-order valence-corrected chi connectivity index (χ0v) is 12.6. The number of piperidine rings is 1. The summed E-state index contributed by atoms with van der Waals surface area (Å²) in [6.07, 6.45) is 3.49. The summed E-state index contributed by atoms with van der Waals surface area (Å²) in [5.74, 6) is 1.06. The van der Waals surface area contributed by atoms with Crippen LogP contribution in [0, 0.1) is 12.8 Å². The van der Waals surface area contributed by atoms with Crippen molar-refractivity contribution in [3.8, 4) is 0 Å². The summed E-state index contributed by atoms with van der Waals surface area (Å²) in [6.45, 7) is 4.41. The van der Waals surface area contributed by atoms with Crippen molar-refractivity contribution in [2.75, 3.05) is 33.7 Å². The highest BCUT2D eigenvalue weighted by Crippen LogP contribution is 2.20. The summed E-state index contributed by atoms with van der Waals surface area (Å²) >= 11 is 0. The molecule has 1 aliphatic rings. The molecule has 1 aliphatic heterocycles. The molecule has 1 N–H and O–H groups in total. The normalized spacial score (nSPS) is 19.2. The standard InChI is InChI=1S/C12H22N4O2S/c1-10-13-8-12(14-10)19(17,18)16(3)9-11-4-6-15(2)7-5-11/h8,11H,4-7,9H2,1-3H3,(H,13,14). The summed E-state index contributed by atoms with van der Waals surface area (Å²) in [5.41, 5.74) is 0. The van der Waals surface area contributed by atoms with Crippen LogP contribution in [0.4, 0.5) is 0 Å². The second kappa shape index (κ2) is 5.60.